The van der Waals surface area contributed by atoms with Crippen LogP contribution < -0.4 is 0 Å². The normalized spacial score (nSPS) is 17.8. The highest BCUT2D eigenvalue weighted by Gasteiger charge is 2.30. The van der Waals surface area contributed by atoms with E-state index >= 15 is 0 Å². The maximum absolute atomic E-state index is 12.9. The van der Waals surface area contributed by atoms with E-state index in [1.54, 1.807) is 28.9 Å². The van der Waals surface area contributed by atoms with Crippen LogP contribution in [0.3, 0.4) is 0 Å². The van der Waals surface area contributed by atoms with Gasteiger partial charge in [0.05, 0.1) is 16.5 Å². The molecule has 2 aromatic rings. The van der Waals surface area contributed by atoms with Gasteiger partial charge >= 0.3 is 5.97 Å². The van der Waals surface area contributed by atoms with Crippen LogP contribution in [-0.2, 0) is 11.8 Å². The second-order valence-electron chi connectivity index (χ2n) is 5.97. The minimum Gasteiger partial charge on any atom is -0.481 e. The molecular formula is C17H18ClN3O3. The fraction of sp³-hybridized carbons (Fsp3) is 0.353. The number of nitrogens with zero attached hydrogens (tertiary/aromatic N) is 3. The zero-order valence-electron chi connectivity index (χ0n) is 13.3. The lowest BCUT2D eigenvalue weighted by molar-refractivity contribution is -0.143. The van der Waals surface area contributed by atoms with Crippen LogP contribution in [0.4, 0.5) is 0 Å². The third-order valence-electron chi connectivity index (χ3n) is 4.25. The summed E-state index contributed by atoms with van der Waals surface area (Å²) in [5.41, 5.74) is 1.65. The molecule has 0 aliphatic carbocycles. The van der Waals surface area contributed by atoms with Crippen LogP contribution in [0.5, 0.6) is 0 Å². The zero-order chi connectivity index (χ0) is 17.3. The van der Waals surface area contributed by atoms with Gasteiger partial charge in [-0.15, -0.1) is 0 Å². The van der Waals surface area contributed by atoms with Gasteiger partial charge in [-0.1, -0.05) is 29.8 Å². The second kappa shape index (κ2) is 6.65. The summed E-state index contributed by atoms with van der Waals surface area (Å²) >= 11 is 6.24. The van der Waals surface area contributed by atoms with Gasteiger partial charge in [-0.3, -0.25) is 14.3 Å². The van der Waals surface area contributed by atoms with E-state index in [4.69, 9.17) is 11.6 Å². The largest absolute Gasteiger partial charge is 0.481 e. The first-order valence-electron chi connectivity index (χ1n) is 7.78. The Bertz CT molecular complexity index is 787. The SMILES string of the molecule is Cn1cc(C(=O)N2CCC[C@@H](C(=O)O)C2)c(-c2ccccc2Cl)n1. The molecule has 6 nitrogen and oxygen atoms in total. The molecule has 0 unspecified atom stereocenters. The maximum Gasteiger partial charge on any atom is 0.308 e. The molecule has 3 rings (SSSR count). The van der Waals surface area contributed by atoms with Gasteiger partial charge in [-0.2, -0.15) is 5.10 Å². The monoisotopic (exact) mass is 347 g/mol. The molecule has 126 valence electrons. The van der Waals surface area contributed by atoms with Crippen LogP contribution in [0.2, 0.25) is 5.02 Å². The number of piperidine rings is 1. The number of rotatable bonds is 3. The van der Waals surface area contributed by atoms with Crippen LogP contribution in [0.1, 0.15) is 23.2 Å². The van der Waals surface area contributed by atoms with E-state index in [1.807, 2.05) is 18.2 Å². The summed E-state index contributed by atoms with van der Waals surface area (Å²) in [5.74, 6) is -1.57. The molecule has 24 heavy (non-hydrogen) atoms. The third-order valence-corrected chi connectivity index (χ3v) is 4.58. The molecule has 1 saturated heterocycles. The van der Waals surface area contributed by atoms with Crippen molar-refractivity contribution < 1.29 is 14.7 Å². The molecule has 1 aromatic carbocycles. The molecule has 1 atom stereocenters. The van der Waals surface area contributed by atoms with Crippen LogP contribution in [0, 0.1) is 5.92 Å². The Balaban J connectivity index is 1.94. The van der Waals surface area contributed by atoms with Crippen molar-refractivity contribution in [2.75, 3.05) is 13.1 Å². The average molecular weight is 348 g/mol. The number of aliphatic carboxylic acids is 1. The third kappa shape index (κ3) is 3.14. The first-order chi connectivity index (χ1) is 11.5. The van der Waals surface area contributed by atoms with Gasteiger partial charge in [0.15, 0.2) is 0 Å². The summed E-state index contributed by atoms with van der Waals surface area (Å²) < 4.78 is 1.57. The lowest BCUT2D eigenvalue weighted by Crippen LogP contribution is -2.42. The molecule has 0 spiro atoms. The first kappa shape index (κ1) is 16.5. The Kier molecular flexibility index (Phi) is 4.57. The van der Waals surface area contributed by atoms with Crippen LogP contribution in [-0.4, -0.2) is 44.8 Å². The van der Waals surface area contributed by atoms with Crippen LogP contribution >= 0.6 is 11.6 Å². The Hall–Kier alpha value is -2.34. The van der Waals surface area contributed by atoms with E-state index in [-0.39, 0.29) is 12.5 Å². The molecule has 1 aliphatic rings. The number of hydrogen-bond acceptors (Lipinski definition) is 3. The number of benzene rings is 1. The smallest absolute Gasteiger partial charge is 0.308 e. The first-order valence-corrected chi connectivity index (χ1v) is 8.16. The van der Waals surface area contributed by atoms with Crippen LogP contribution in [0.15, 0.2) is 30.5 Å². The van der Waals surface area contributed by atoms with Crippen molar-refractivity contribution in [3.63, 3.8) is 0 Å². The highest BCUT2D eigenvalue weighted by molar-refractivity contribution is 6.33. The summed E-state index contributed by atoms with van der Waals surface area (Å²) in [7, 11) is 1.74. The Morgan fingerprint density at radius 3 is 2.79 bits per heavy atom. The molecule has 0 bridgehead atoms. The predicted molar refractivity (Wildman–Crippen MR) is 89.9 cm³/mol. The number of carboxylic acid groups (broad SMARTS) is 1. The summed E-state index contributed by atoms with van der Waals surface area (Å²) in [5, 5.41) is 14.1. The van der Waals surface area contributed by atoms with Gasteiger partial charge in [0.25, 0.3) is 5.91 Å². The number of carbonyl (C=O) groups is 2. The lowest BCUT2D eigenvalue weighted by Gasteiger charge is -2.30. The van der Waals surface area contributed by atoms with E-state index in [0.717, 1.165) is 0 Å². The van der Waals surface area contributed by atoms with Crippen molar-refractivity contribution in [1.82, 2.24) is 14.7 Å². The maximum atomic E-state index is 12.9. The van der Waals surface area contributed by atoms with E-state index < -0.39 is 11.9 Å². The van der Waals surface area contributed by atoms with Gasteiger partial charge < -0.3 is 10.0 Å². The molecule has 7 heteroatoms. The fourth-order valence-corrected chi connectivity index (χ4v) is 3.26. The molecule has 2 heterocycles. The van der Waals surface area contributed by atoms with E-state index in [2.05, 4.69) is 5.10 Å². The minimum absolute atomic E-state index is 0.205. The molecule has 1 aromatic heterocycles. The van der Waals surface area contributed by atoms with E-state index in [0.29, 0.717) is 41.2 Å². The highest BCUT2D eigenvalue weighted by Crippen LogP contribution is 2.30. The standard InChI is InChI=1S/C17H18ClN3O3/c1-20-10-13(15(19-20)12-6-2-3-7-14(12)18)16(22)21-8-4-5-11(9-21)17(23)24/h2-3,6-7,10-11H,4-5,8-9H2,1H3,(H,23,24)/t11-/m1/s1. The van der Waals surface area contributed by atoms with Crippen molar-refractivity contribution in [2.24, 2.45) is 13.0 Å². The van der Waals surface area contributed by atoms with Crippen molar-refractivity contribution in [1.29, 1.82) is 0 Å². The number of aryl methyl sites for hydroxylation is 1. The quantitative estimate of drug-likeness (QED) is 0.926. The number of carboxylic acids is 1. The molecule has 1 fully saturated rings. The van der Waals surface area contributed by atoms with Crippen LogP contribution in [0.25, 0.3) is 11.3 Å². The average Bonchev–Trinajstić information content (AvgIpc) is 2.96. The summed E-state index contributed by atoms with van der Waals surface area (Å²) in [6, 6.07) is 7.22. The summed E-state index contributed by atoms with van der Waals surface area (Å²) in [4.78, 5) is 25.7. The Morgan fingerprint density at radius 2 is 2.08 bits per heavy atom. The Morgan fingerprint density at radius 1 is 1.33 bits per heavy atom. The number of halogens is 1. The van der Waals surface area contributed by atoms with Crippen molar-refractivity contribution in [3.05, 3.63) is 41.0 Å². The number of likely N-dealkylation sites (tertiary alicyclic amines) is 1. The van der Waals surface area contributed by atoms with Crippen molar-refractivity contribution in [2.45, 2.75) is 12.8 Å². The summed E-state index contributed by atoms with van der Waals surface area (Å²) in [6.07, 6.45) is 2.94. The van der Waals surface area contributed by atoms with Crippen molar-refractivity contribution >= 4 is 23.5 Å². The molecule has 1 aliphatic heterocycles. The lowest BCUT2D eigenvalue weighted by atomic mass is 9.97. The zero-order valence-corrected chi connectivity index (χ0v) is 14.0. The van der Waals surface area contributed by atoms with E-state index in [9.17, 15) is 14.7 Å². The number of carbonyl (C=O) groups excluding carboxylic acids is 1. The van der Waals surface area contributed by atoms with E-state index in [1.165, 1.54) is 0 Å². The number of amides is 1. The van der Waals surface area contributed by atoms with Crippen molar-refractivity contribution in [3.8, 4) is 11.3 Å². The minimum atomic E-state index is -0.856. The second-order valence-corrected chi connectivity index (χ2v) is 6.38. The van der Waals surface area contributed by atoms with Gasteiger partial charge in [0.2, 0.25) is 0 Å². The van der Waals surface area contributed by atoms with Gasteiger partial charge in [-0.25, -0.2) is 0 Å². The summed E-state index contributed by atoms with van der Waals surface area (Å²) in [6.45, 7) is 0.782. The molecule has 0 saturated carbocycles. The number of hydrogen-bond donors (Lipinski definition) is 1. The Labute approximate surface area is 144 Å². The predicted octanol–water partition coefficient (Wildman–Crippen LogP) is 2.68. The molecule has 1 N–H and O–H groups in total. The number of aromatic nitrogens is 2. The molecule has 0 radical (unpaired) electrons. The van der Waals surface area contributed by atoms with Gasteiger partial charge in [0, 0.05) is 31.9 Å². The van der Waals surface area contributed by atoms with Gasteiger partial charge in [-0.05, 0) is 18.9 Å². The topological polar surface area (TPSA) is 75.4 Å². The van der Waals surface area contributed by atoms with Gasteiger partial charge in [0.1, 0.15) is 5.69 Å². The molecular weight excluding hydrogens is 330 g/mol. The fourth-order valence-electron chi connectivity index (χ4n) is 3.03. The highest BCUT2D eigenvalue weighted by atomic mass is 35.5. The molecule has 1 amide bonds.